The highest BCUT2D eigenvalue weighted by atomic mass is 28.3. The molecule has 0 atom stereocenters. The van der Waals surface area contributed by atoms with Crippen molar-refractivity contribution in [1.29, 1.82) is 0 Å². The van der Waals surface area contributed by atoms with Crippen LogP contribution in [0.25, 0.3) is 0 Å². The number of hydrogen-bond donors (Lipinski definition) is 0. The lowest BCUT2D eigenvalue weighted by atomic mass is 10.2. The molecule has 0 aliphatic rings. The van der Waals surface area contributed by atoms with Gasteiger partial charge < -0.3 is 8.85 Å². The van der Waals surface area contributed by atoms with Crippen LogP contribution < -0.4 is 0 Å². The fourth-order valence-corrected chi connectivity index (χ4v) is 2.27. The van der Waals surface area contributed by atoms with E-state index in [1.807, 2.05) is 26.5 Å². The van der Waals surface area contributed by atoms with Gasteiger partial charge in [0, 0.05) is 13.2 Å². The van der Waals surface area contributed by atoms with Gasteiger partial charge in [0.2, 0.25) is 0 Å². The van der Waals surface area contributed by atoms with Gasteiger partial charge in [-0.2, -0.15) is 0 Å². The second-order valence-corrected chi connectivity index (χ2v) is 5.12. The minimum atomic E-state index is -1.20. The van der Waals surface area contributed by atoms with Crippen LogP contribution in [0.1, 0.15) is 26.3 Å². The molecular weight excluding hydrogens is 216 g/mol. The van der Waals surface area contributed by atoms with E-state index in [-0.39, 0.29) is 0 Å². The molecule has 0 radical (unpaired) electrons. The molecule has 0 aliphatic heterocycles. The first kappa shape index (κ1) is 15.4. The predicted octanol–water partition coefficient (Wildman–Crippen LogP) is 3.16. The van der Waals surface area contributed by atoms with Crippen LogP contribution in [0.15, 0.2) is 30.3 Å². The molecule has 1 aromatic rings. The normalized spacial score (nSPS) is 9.81. The van der Waals surface area contributed by atoms with Gasteiger partial charge in [-0.15, -0.1) is 0 Å². The van der Waals surface area contributed by atoms with Crippen LogP contribution in [0.2, 0.25) is 6.55 Å². The second kappa shape index (κ2) is 10.9. The summed E-state index contributed by atoms with van der Waals surface area (Å²) >= 11 is 0. The van der Waals surface area contributed by atoms with Crippen molar-refractivity contribution < 1.29 is 8.85 Å². The van der Waals surface area contributed by atoms with Crippen molar-refractivity contribution in [1.82, 2.24) is 0 Å². The maximum atomic E-state index is 5.20. The summed E-state index contributed by atoms with van der Waals surface area (Å²) in [6.07, 6.45) is 1.14. The Labute approximate surface area is 101 Å². The zero-order valence-electron chi connectivity index (χ0n) is 10.9. The Morgan fingerprint density at radius 1 is 0.938 bits per heavy atom. The molecule has 0 aliphatic carbocycles. The molecule has 1 aromatic carbocycles. The predicted molar refractivity (Wildman–Crippen MR) is 72.1 cm³/mol. The van der Waals surface area contributed by atoms with E-state index in [1.54, 1.807) is 0 Å². The lowest BCUT2D eigenvalue weighted by Gasteiger charge is -2.07. The zero-order valence-corrected chi connectivity index (χ0v) is 12.1. The van der Waals surface area contributed by atoms with Crippen molar-refractivity contribution >= 4 is 9.28 Å². The Hall–Kier alpha value is -0.643. The lowest BCUT2D eigenvalue weighted by Crippen LogP contribution is -2.17. The monoisotopic (exact) mass is 240 g/mol. The molecule has 0 heterocycles. The summed E-state index contributed by atoms with van der Waals surface area (Å²) in [4.78, 5) is 0. The summed E-state index contributed by atoms with van der Waals surface area (Å²) in [6, 6.07) is 10.5. The molecule has 0 saturated carbocycles. The average Bonchev–Trinajstić information content (AvgIpc) is 2.32. The zero-order chi connectivity index (χ0) is 12.2. The van der Waals surface area contributed by atoms with E-state index in [0.717, 1.165) is 19.6 Å². The molecular formula is C13H24O2Si. The van der Waals surface area contributed by atoms with Crippen molar-refractivity contribution in [3.8, 4) is 0 Å². The van der Waals surface area contributed by atoms with E-state index in [9.17, 15) is 0 Å². The number of aryl methyl sites for hydroxylation is 1. The molecule has 0 bridgehead atoms. The Balaban J connectivity index is 0.000000281. The average molecular weight is 240 g/mol. The van der Waals surface area contributed by atoms with Gasteiger partial charge in [0.1, 0.15) is 0 Å². The molecule has 0 aromatic heterocycles. The molecule has 0 amide bonds. The third kappa shape index (κ3) is 8.65. The fraction of sp³-hybridized carbons (Fsp3) is 0.538. The molecule has 16 heavy (non-hydrogen) atoms. The van der Waals surface area contributed by atoms with Gasteiger partial charge in [0.25, 0.3) is 0 Å². The minimum Gasteiger partial charge on any atom is -0.397 e. The van der Waals surface area contributed by atoms with E-state index in [2.05, 4.69) is 31.2 Å². The standard InChI is InChI=1S/C8H10.C5H14O2Si/c1-2-8-6-4-3-5-7-8;1-4-6-8(3)7-5-2/h3-7H,2H2,1H3;8H,4-5H2,1-3H3. The molecule has 0 N–H and O–H groups in total. The molecule has 0 spiro atoms. The maximum Gasteiger partial charge on any atom is 0.318 e. The van der Waals surface area contributed by atoms with E-state index in [4.69, 9.17) is 8.85 Å². The molecule has 3 heteroatoms. The molecule has 1 rings (SSSR count). The van der Waals surface area contributed by atoms with E-state index < -0.39 is 9.28 Å². The van der Waals surface area contributed by atoms with Gasteiger partial charge in [-0.3, -0.25) is 0 Å². The van der Waals surface area contributed by atoms with Crippen LogP contribution in [0.5, 0.6) is 0 Å². The van der Waals surface area contributed by atoms with Gasteiger partial charge >= 0.3 is 9.28 Å². The summed E-state index contributed by atoms with van der Waals surface area (Å²) < 4.78 is 10.4. The Morgan fingerprint density at radius 2 is 1.44 bits per heavy atom. The maximum absolute atomic E-state index is 5.20. The summed E-state index contributed by atoms with van der Waals surface area (Å²) in [5.41, 5.74) is 1.41. The molecule has 0 fully saturated rings. The van der Waals surface area contributed by atoms with Crippen LogP contribution in [-0.2, 0) is 15.3 Å². The third-order valence-corrected chi connectivity index (χ3v) is 3.66. The first-order chi connectivity index (χ1) is 7.74. The van der Waals surface area contributed by atoms with Gasteiger partial charge in [-0.05, 0) is 32.4 Å². The topological polar surface area (TPSA) is 18.5 Å². The number of benzene rings is 1. The van der Waals surface area contributed by atoms with Gasteiger partial charge in [-0.25, -0.2) is 0 Å². The fourth-order valence-electron chi connectivity index (χ4n) is 1.23. The van der Waals surface area contributed by atoms with Crippen LogP contribution in [0.4, 0.5) is 0 Å². The van der Waals surface area contributed by atoms with Crippen LogP contribution >= 0.6 is 0 Å². The van der Waals surface area contributed by atoms with E-state index >= 15 is 0 Å². The van der Waals surface area contributed by atoms with Crippen LogP contribution in [-0.4, -0.2) is 22.5 Å². The first-order valence-electron chi connectivity index (χ1n) is 6.01. The van der Waals surface area contributed by atoms with Gasteiger partial charge in [-0.1, -0.05) is 37.3 Å². The SMILES string of the molecule is CCO[SiH](C)OCC.CCc1ccccc1. The molecule has 2 nitrogen and oxygen atoms in total. The summed E-state index contributed by atoms with van der Waals surface area (Å²) in [5.74, 6) is 0. The third-order valence-electron chi connectivity index (χ3n) is 2.05. The first-order valence-corrected chi connectivity index (χ1v) is 8.11. The summed E-state index contributed by atoms with van der Waals surface area (Å²) in [6.45, 7) is 9.74. The highest BCUT2D eigenvalue weighted by molar-refractivity contribution is 6.42. The van der Waals surface area contributed by atoms with Gasteiger partial charge in [0.05, 0.1) is 0 Å². The van der Waals surface area contributed by atoms with E-state index in [1.165, 1.54) is 5.56 Å². The van der Waals surface area contributed by atoms with Crippen molar-refractivity contribution in [2.24, 2.45) is 0 Å². The molecule has 0 unspecified atom stereocenters. The summed E-state index contributed by atoms with van der Waals surface area (Å²) in [7, 11) is -1.20. The highest BCUT2D eigenvalue weighted by Gasteiger charge is 1.99. The summed E-state index contributed by atoms with van der Waals surface area (Å²) in [5, 5.41) is 0. The smallest absolute Gasteiger partial charge is 0.318 e. The van der Waals surface area contributed by atoms with E-state index in [0.29, 0.717) is 0 Å². The number of rotatable bonds is 5. The largest absolute Gasteiger partial charge is 0.397 e. The Morgan fingerprint density at radius 3 is 1.75 bits per heavy atom. The molecule has 0 saturated heterocycles. The highest BCUT2D eigenvalue weighted by Crippen LogP contribution is 1.96. The lowest BCUT2D eigenvalue weighted by molar-refractivity contribution is 0.219. The minimum absolute atomic E-state index is 0.785. The van der Waals surface area contributed by atoms with Crippen molar-refractivity contribution in [3.05, 3.63) is 35.9 Å². The van der Waals surface area contributed by atoms with Crippen molar-refractivity contribution in [2.45, 2.75) is 33.7 Å². The quantitative estimate of drug-likeness (QED) is 0.736. The second-order valence-electron chi connectivity index (χ2n) is 3.32. The Kier molecular flexibility index (Phi) is 10.4. The molecule has 92 valence electrons. The van der Waals surface area contributed by atoms with Crippen molar-refractivity contribution in [3.63, 3.8) is 0 Å². The Bertz CT molecular complexity index is 233. The van der Waals surface area contributed by atoms with Crippen molar-refractivity contribution in [2.75, 3.05) is 13.2 Å². The van der Waals surface area contributed by atoms with Crippen LogP contribution in [0.3, 0.4) is 0 Å². The van der Waals surface area contributed by atoms with Crippen LogP contribution in [0, 0.1) is 0 Å². The number of hydrogen-bond acceptors (Lipinski definition) is 2. The van der Waals surface area contributed by atoms with Gasteiger partial charge in [0.15, 0.2) is 0 Å².